The molecule has 0 radical (unpaired) electrons. The molecule has 2 aliphatic rings. The second-order valence-corrected chi connectivity index (χ2v) is 7.77. The smallest absolute Gasteiger partial charge is 0.346 e. The van der Waals surface area contributed by atoms with Crippen LogP contribution in [0.4, 0.5) is 4.39 Å². The number of aromatic nitrogens is 7. The second kappa shape index (κ2) is 6.48. The van der Waals surface area contributed by atoms with Gasteiger partial charge < -0.3 is 4.74 Å². The van der Waals surface area contributed by atoms with Gasteiger partial charge in [-0.1, -0.05) is 0 Å². The van der Waals surface area contributed by atoms with Gasteiger partial charge in [-0.05, 0) is 30.2 Å². The number of aryl methyl sites for hydroxylation is 1. The van der Waals surface area contributed by atoms with Crippen molar-refractivity contribution in [1.82, 2.24) is 33.9 Å². The maximum Gasteiger partial charge on any atom is 0.346 e. The standard InChI is InChI=1S/C20H18FN7O2/c21-13-6-12(9-22-10-13)16-3-4-18-25-28(20(29)27(16)18)14-7-15(8-14)30-19-17-2-1-5-26(17)24-11-23-19/h1-2,5-6,9-11,14-16H,3-4,7-8H2/t14?,15?,16-/m0/s1. The van der Waals surface area contributed by atoms with Crippen LogP contribution in [0.1, 0.15) is 42.7 Å². The summed E-state index contributed by atoms with van der Waals surface area (Å²) in [7, 11) is 0. The molecule has 9 nitrogen and oxygen atoms in total. The van der Waals surface area contributed by atoms with Crippen molar-refractivity contribution in [2.45, 2.75) is 43.9 Å². The Morgan fingerprint density at radius 3 is 3.00 bits per heavy atom. The lowest BCUT2D eigenvalue weighted by Crippen LogP contribution is -2.41. The van der Waals surface area contributed by atoms with Gasteiger partial charge in [0.15, 0.2) is 0 Å². The minimum absolute atomic E-state index is 0.0171. The fourth-order valence-electron chi connectivity index (χ4n) is 4.40. The van der Waals surface area contributed by atoms with Crippen LogP contribution in [0.3, 0.4) is 0 Å². The normalized spacial score (nSPS) is 22.8. The molecule has 5 heterocycles. The zero-order valence-corrected chi connectivity index (χ0v) is 15.9. The zero-order valence-electron chi connectivity index (χ0n) is 15.9. The van der Waals surface area contributed by atoms with E-state index < -0.39 is 5.82 Å². The number of pyridine rings is 1. The Morgan fingerprint density at radius 2 is 2.13 bits per heavy atom. The Labute approximate surface area is 169 Å². The molecule has 4 aromatic rings. The van der Waals surface area contributed by atoms with E-state index in [1.165, 1.54) is 18.6 Å². The Morgan fingerprint density at radius 1 is 1.23 bits per heavy atom. The Kier molecular flexibility index (Phi) is 3.74. The SMILES string of the molecule is O=c1n(C2CC(Oc3ncnn4cccc34)C2)nc2n1[C@H](c1cncc(F)c1)CC2. The average molecular weight is 407 g/mol. The molecule has 6 rings (SSSR count). The molecule has 30 heavy (non-hydrogen) atoms. The molecule has 0 spiro atoms. The number of hydrogen-bond acceptors (Lipinski definition) is 6. The van der Waals surface area contributed by atoms with Gasteiger partial charge in [-0.25, -0.2) is 18.4 Å². The Bertz CT molecular complexity index is 1300. The van der Waals surface area contributed by atoms with E-state index >= 15 is 0 Å². The van der Waals surface area contributed by atoms with Gasteiger partial charge in [-0.3, -0.25) is 9.55 Å². The van der Waals surface area contributed by atoms with Gasteiger partial charge in [-0.2, -0.15) is 15.2 Å². The molecule has 0 aromatic carbocycles. The second-order valence-electron chi connectivity index (χ2n) is 7.77. The van der Waals surface area contributed by atoms with Gasteiger partial charge in [0.1, 0.15) is 29.6 Å². The summed E-state index contributed by atoms with van der Waals surface area (Å²) in [6, 6.07) is 4.99. The van der Waals surface area contributed by atoms with Gasteiger partial charge in [0, 0.05) is 31.7 Å². The molecule has 1 fully saturated rings. The highest BCUT2D eigenvalue weighted by atomic mass is 19.1. The van der Waals surface area contributed by atoms with E-state index in [1.807, 2.05) is 18.3 Å². The summed E-state index contributed by atoms with van der Waals surface area (Å²) in [5.41, 5.74) is 1.35. The predicted octanol–water partition coefficient (Wildman–Crippen LogP) is 1.94. The van der Waals surface area contributed by atoms with Crippen LogP contribution in [-0.4, -0.2) is 40.0 Å². The summed E-state index contributed by atoms with van der Waals surface area (Å²) < 4.78 is 24.6. The van der Waals surface area contributed by atoms with Crippen LogP contribution in [-0.2, 0) is 6.42 Å². The lowest BCUT2D eigenvalue weighted by atomic mass is 9.89. The molecule has 152 valence electrons. The third-order valence-corrected chi connectivity index (χ3v) is 5.96. The molecule has 0 N–H and O–H groups in total. The van der Waals surface area contributed by atoms with E-state index in [0.29, 0.717) is 30.7 Å². The molecular weight excluding hydrogens is 389 g/mol. The van der Waals surface area contributed by atoms with Crippen molar-refractivity contribution in [1.29, 1.82) is 0 Å². The zero-order chi connectivity index (χ0) is 20.2. The minimum atomic E-state index is -0.401. The van der Waals surface area contributed by atoms with E-state index in [4.69, 9.17) is 4.74 Å². The molecule has 0 amide bonds. The van der Waals surface area contributed by atoms with Gasteiger partial charge in [-0.15, -0.1) is 0 Å². The van der Waals surface area contributed by atoms with Crippen LogP contribution < -0.4 is 10.4 Å². The van der Waals surface area contributed by atoms with Crippen molar-refractivity contribution in [2.24, 2.45) is 0 Å². The van der Waals surface area contributed by atoms with Crippen molar-refractivity contribution < 1.29 is 9.13 Å². The molecule has 1 saturated carbocycles. The predicted molar refractivity (Wildman–Crippen MR) is 103 cm³/mol. The molecule has 1 atom stereocenters. The van der Waals surface area contributed by atoms with Crippen LogP contribution in [0, 0.1) is 5.82 Å². The van der Waals surface area contributed by atoms with E-state index in [0.717, 1.165) is 17.8 Å². The number of fused-ring (bicyclic) bond motifs is 2. The van der Waals surface area contributed by atoms with Gasteiger partial charge in [0.05, 0.1) is 18.3 Å². The van der Waals surface area contributed by atoms with E-state index in [1.54, 1.807) is 20.0 Å². The average Bonchev–Trinajstić information content (AvgIpc) is 3.41. The highest BCUT2D eigenvalue weighted by molar-refractivity contribution is 5.55. The monoisotopic (exact) mass is 407 g/mol. The molecule has 10 heteroatoms. The first-order valence-electron chi connectivity index (χ1n) is 9.93. The van der Waals surface area contributed by atoms with Crippen molar-refractivity contribution in [2.75, 3.05) is 0 Å². The van der Waals surface area contributed by atoms with Crippen LogP contribution >= 0.6 is 0 Å². The molecule has 1 aliphatic heterocycles. The minimum Gasteiger partial charge on any atom is -0.473 e. The summed E-state index contributed by atoms with van der Waals surface area (Å²) in [6.45, 7) is 0. The number of rotatable bonds is 4. The Hall–Kier alpha value is -3.56. The van der Waals surface area contributed by atoms with Gasteiger partial charge in [0.2, 0.25) is 5.88 Å². The third kappa shape index (κ3) is 2.63. The summed E-state index contributed by atoms with van der Waals surface area (Å²) in [5.74, 6) is 0.878. The molecular formula is C20H18FN7O2. The molecule has 0 unspecified atom stereocenters. The Balaban J connectivity index is 1.21. The van der Waals surface area contributed by atoms with E-state index in [2.05, 4.69) is 20.2 Å². The highest BCUT2D eigenvalue weighted by Gasteiger charge is 2.38. The third-order valence-electron chi connectivity index (χ3n) is 5.96. The van der Waals surface area contributed by atoms with Gasteiger partial charge >= 0.3 is 5.69 Å². The number of halogens is 1. The fraction of sp³-hybridized carbons (Fsp3) is 0.350. The van der Waals surface area contributed by atoms with Crippen molar-refractivity contribution in [3.63, 3.8) is 0 Å². The van der Waals surface area contributed by atoms with Crippen molar-refractivity contribution in [3.8, 4) is 5.88 Å². The number of hydrogen-bond donors (Lipinski definition) is 0. The molecule has 1 aliphatic carbocycles. The van der Waals surface area contributed by atoms with E-state index in [-0.39, 0.29) is 23.9 Å². The summed E-state index contributed by atoms with van der Waals surface area (Å²) in [5, 5.41) is 8.69. The van der Waals surface area contributed by atoms with Crippen molar-refractivity contribution in [3.05, 3.63) is 70.8 Å². The highest BCUT2D eigenvalue weighted by Crippen LogP contribution is 2.36. The van der Waals surface area contributed by atoms with Crippen LogP contribution in [0.2, 0.25) is 0 Å². The first-order valence-corrected chi connectivity index (χ1v) is 9.93. The topological polar surface area (TPSA) is 92.1 Å². The lowest BCUT2D eigenvalue weighted by molar-refractivity contribution is 0.0593. The number of nitrogens with zero attached hydrogens (tertiary/aromatic N) is 7. The largest absolute Gasteiger partial charge is 0.473 e. The van der Waals surface area contributed by atoms with Crippen molar-refractivity contribution >= 4 is 5.52 Å². The summed E-state index contributed by atoms with van der Waals surface area (Å²) in [4.78, 5) is 21.2. The fourth-order valence-corrected chi connectivity index (χ4v) is 4.40. The van der Waals surface area contributed by atoms with Crippen LogP contribution in [0.25, 0.3) is 5.52 Å². The first kappa shape index (κ1) is 17.3. The van der Waals surface area contributed by atoms with E-state index in [9.17, 15) is 9.18 Å². The summed E-state index contributed by atoms with van der Waals surface area (Å²) in [6.07, 6.45) is 8.82. The van der Waals surface area contributed by atoms with Crippen LogP contribution in [0.15, 0.2) is 47.9 Å². The maximum absolute atomic E-state index is 13.6. The summed E-state index contributed by atoms with van der Waals surface area (Å²) >= 11 is 0. The first-order chi connectivity index (χ1) is 14.7. The number of ether oxygens (including phenoxy) is 1. The maximum atomic E-state index is 13.6. The lowest BCUT2D eigenvalue weighted by Gasteiger charge is -2.34. The quantitative estimate of drug-likeness (QED) is 0.513. The molecule has 4 aromatic heterocycles. The van der Waals surface area contributed by atoms with Gasteiger partial charge in [0.25, 0.3) is 0 Å². The van der Waals surface area contributed by atoms with Crippen LogP contribution in [0.5, 0.6) is 5.88 Å². The molecule has 0 saturated heterocycles. The molecule has 0 bridgehead atoms.